The van der Waals surface area contributed by atoms with Crippen molar-refractivity contribution in [2.24, 2.45) is 0 Å². The molecule has 0 aromatic rings. The molecule has 256 valence electrons. The van der Waals surface area contributed by atoms with Gasteiger partial charge >= 0.3 is 11.9 Å². The average molecular weight is 765 g/mol. The number of aliphatic hydroxyl groups is 2. The summed E-state index contributed by atoms with van der Waals surface area (Å²) in [6.45, 7) is 2.95. The zero-order valence-electron chi connectivity index (χ0n) is 24.7. The summed E-state index contributed by atoms with van der Waals surface area (Å²) in [7, 11) is 0. The van der Waals surface area contributed by atoms with E-state index in [2.05, 4.69) is 0 Å². The van der Waals surface area contributed by atoms with E-state index in [0.29, 0.717) is 58.2 Å². The molecule has 0 spiro atoms. The summed E-state index contributed by atoms with van der Waals surface area (Å²) in [5, 5.41) is 20.1. The number of hydrogen-bond donors (Lipinski definition) is 2. The standard InChI is InChI=1S/C25H48O10S8/c26-19-36-15-7-30-24(28)3-13-40-21-39-12-2-6-33-35-10-18-43-23-42-16-8-31-25(29)4-14-41-22-38-11-1-5-32-34-9-17-37-20-27/h26-27H,1-23H2. The summed E-state index contributed by atoms with van der Waals surface area (Å²) < 4.78 is 10.4. The van der Waals surface area contributed by atoms with Gasteiger partial charge in [-0.05, 0) is 24.3 Å². The van der Waals surface area contributed by atoms with Gasteiger partial charge in [0.25, 0.3) is 0 Å². The van der Waals surface area contributed by atoms with Crippen molar-refractivity contribution >= 4 is 106 Å². The largest absolute Gasteiger partial charge is 0.465 e. The van der Waals surface area contributed by atoms with Crippen molar-refractivity contribution < 1.29 is 48.8 Å². The van der Waals surface area contributed by atoms with Crippen molar-refractivity contribution in [3.63, 3.8) is 0 Å². The Morgan fingerprint density at radius 1 is 0.419 bits per heavy atom. The predicted octanol–water partition coefficient (Wildman–Crippen LogP) is 5.17. The van der Waals surface area contributed by atoms with Gasteiger partial charge < -0.3 is 19.7 Å². The molecule has 18 heteroatoms. The minimum absolute atomic E-state index is 0.0505. The van der Waals surface area contributed by atoms with Gasteiger partial charge in [-0.15, -0.1) is 47.0 Å². The Morgan fingerprint density at radius 3 is 1.23 bits per heavy atom. The van der Waals surface area contributed by atoms with E-state index in [1.807, 2.05) is 23.5 Å². The molecule has 0 saturated carbocycles. The highest BCUT2D eigenvalue weighted by atomic mass is 32.2. The Balaban J connectivity index is 3.18. The summed E-state index contributed by atoms with van der Waals surface area (Å²) in [4.78, 5) is 43.8. The van der Waals surface area contributed by atoms with Gasteiger partial charge in [0, 0.05) is 49.8 Å². The van der Waals surface area contributed by atoms with E-state index in [1.54, 1.807) is 47.0 Å². The molecule has 0 rings (SSSR count). The maximum absolute atomic E-state index is 11.8. The molecule has 0 fully saturated rings. The van der Waals surface area contributed by atoms with Gasteiger partial charge in [0.2, 0.25) is 0 Å². The molecule has 0 aliphatic rings. The molecule has 0 aliphatic heterocycles. The third kappa shape index (κ3) is 39.6. The van der Waals surface area contributed by atoms with Crippen LogP contribution in [0.1, 0.15) is 25.7 Å². The van der Waals surface area contributed by atoms with Gasteiger partial charge in [-0.1, -0.05) is 0 Å². The van der Waals surface area contributed by atoms with E-state index in [0.717, 1.165) is 68.4 Å². The first-order chi connectivity index (χ1) is 21.2. The molecule has 0 atom stereocenters. The maximum atomic E-state index is 11.8. The molecule has 0 saturated heterocycles. The summed E-state index contributed by atoms with van der Waals surface area (Å²) >= 11 is 13.3. The molecule has 0 unspecified atom stereocenters. The Morgan fingerprint density at radius 2 is 0.767 bits per heavy atom. The zero-order chi connectivity index (χ0) is 31.3. The van der Waals surface area contributed by atoms with E-state index in [4.69, 9.17) is 39.2 Å². The number of rotatable bonds is 36. The van der Waals surface area contributed by atoms with Crippen LogP contribution < -0.4 is 0 Å². The van der Waals surface area contributed by atoms with Gasteiger partial charge in [0.15, 0.2) is 0 Å². The summed E-state index contributed by atoms with van der Waals surface area (Å²) in [5.41, 5.74) is 0. The molecular weight excluding hydrogens is 717 g/mol. The van der Waals surface area contributed by atoms with E-state index in [-0.39, 0.29) is 23.8 Å². The normalized spacial score (nSPS) is 11.2. The molecule has 0 aromatic carbocycles. The minimum atomic E-state index is -0.181. The average Bonchev–Trinajstić information content (AvgIpc) is 3.01. The first-order valence-corrected chi connectivity index (χ1v) is 23.1. The van der Waals surface area contributed by atoms with Crippen LogP contribution >= 0.6 is 94.1 Å². The quantitative estimate of drug-likeness (QED) is 0.0286. The summed E-state index contributed by atoms with van der Waals surface area (Å²) in [6, 6.07) is 0. The van der Waals surface area contributed by atoms with Crippen LogP contribution in [0.4, 0.5) is 0 Å². The molecule has 10 nitrogen and oxygen atoms in total. The fraction of sp³-hybridized carbons (Fsp3) is 0.920. The topological polar surface area (TPSA) is 130 Å². The molecule has 0 bridgehead atoms. The molecule has 0 radical (unpaired) electrons. The van der Waals surface area contributed by atoms with Crippen LogP contribution in [0.5, 0.6) is 0 Å². The predicted molar refractivity (Wildman–Crippen MR) is 193 cm³/mol. The lowest BCUT2D eigenvalue weighted by molar-refractivity contribution is -0.289. The molecule has 43 heavy (non-hydrogen) atoms. The van der Waals surface area contributed by atoms with Crippen molar-refractivity contribution in [2.75, 3.05) is 113 Å². The number of esters is 2. The van der Waals surface area contributed by atoms with E-state index >= 15 is 0 Å². The fourth-order valence-electron chi connectivity index (χ4n) is 2.41. The Hall–Kier alpha value is 1.50. The third-order valence-corrected chi connectivity index (χ3v) is 12.7. The lowest BCUT2D eigenvalue weighted by atomic mass is 10.5. The Bertz CT molecular complexity index is 602. The highest BCUT2D eigenvalue weighted by Gasteiger charge is 2.04. The fourth-order valence-corrected chi connectivity index (χ4v) is 8.95. The third-order valence-electron chi connectivity index (χ3n) is 4.39. The van der Waals surface area contributed by atoms with Crippen LogP contribution in [-0.2, 0) is 38.6 Å². The van der Waals surface area contributed by atoms with Crippen molar-refractivity contribution in [1.29, 1.82) is 0 Å². The second-order valence-corrected chi connectivity index (χ2v) is 17.7. The molecular formula is C25H48O10S8. The van der Waals surface area contributed by atoms with Crippen molar-refractivity contribution in [3.05, 3.63) is 0 Å². The number of ether oxygens (including phenoxy) is 2. The second-order valence-electron chi connectivity index (χ2n) is 7.81. The van der Waals surface area contributed by atoms with Crippen LogP contribution in [0.25, 0.3) is 0 Å². The Kier molecular flexibility index (Phi) is 41.1. The van der Waals surface area contributed by atoms with Crippen molar-refractivity contribution in [3.8, 4) is 0 Å². The van der Waals surface area contributed by atoms with Crippen LogP contribution in [0.15, 0.2) is 0 Å². The Labute approximate surface area is 291 Å². The lowest BCUT2D eigenvalue weighted by Gasteiger charge is -2.06. The van der Waals surface area contributed by atoms with Gasteiger partial charge in [0.05, 0.1) is 51.1 Å². The van der Waals surface area contributed by atoms with E-state index in [1.165, 1.54) is 23.5 Å². The van der Waals surface area contributed by atoms with Crippen molar-refractivity contribution in [1.82, 2.24) is 0 Å². The molecule has 0 heterocycles. The number of aliphatic hydroxyl groups excluding tert-OH is 2. The highest BCUT2D eigenvalue weighted by Crippen LogP contribution is 2.16. The first-order valence-electron chi connectivity index (χ1n) is 13.8. The van der Waals surface area contributed by atoms with Gasteiger partial charge in [-0.25, -0.2) is 19.6 Å². The smallest absolute Gasteiger partial charge is 0.306 e. The summed E-state index contributed by atoms with van der Waals surface area (Å²) in [5.74, 6) is 6.30. The highest BCUT2D eigenvalue weighted by molar-refractivity contribution is 8.16. The molecule has 0 aliphatic carbocycles. The van der Waals surface area contributed by atoms with Crippen LogP contribution in [0.3, 0.4) is 0 Å². The van der Waals surface area contributed by atoms with E-state index in [9.17, 15) is 9.59 Å². The first kappa shape index (κ1) is 44.5. The number of carbonyl (C=O) groups is 2. The molecule has 2 N–H and O–H groups in total. The minimum Gasteiger partial charge on any atom is -0.465 e. The second kappa shape index (κ2) is 39.7. The van der Waals surface area contributed by atoms with Crippen LogP contribution in [0.2, 0.25) is 0 Å². The van der Waals surface area contributed by atoms with Gasteiger partial charge in [0.1, 0.15) is 13.2 Å². The zero-order valence-corrected chi connectivity index (χ0v) is 31.2. The SMILES string of the molecule is O=C(CCSCSCCCOOCCSCSCCOC(=O)CCSCSCCCOOCCSCO)OCCSCO. The van der Waals surface area contributed by atoms with Gasteiger partial charge in [-0.3, -0.25) is 9.59 Å². The maximum Gasteiger partial charge on any atom is 0.306 e. The van der Waals surface area contributed by atoms with Crippen LogP contribution in [-0.4, -0.2) is 135 Å². The van der Waals surface area contributed by atoms with Gasteiger partial charge in [-0.2, -0.15) is 47.0 Å². The molecule has 0 aromatic heterocycles. The monoisotopic (exact) mass is 764 g/mol. The number of carbonyl (C=O) groups excluding carboxylic acids is 2. The van der Waals surface area contributed by atoms with Crippen LogP contribution in [0, 0.1) is 0 Å². The lowest BCUT2D eigenvalue weighted by Crippen LogP contribution is -2.08. The summed E-state index contributed by atoms with van der Waals surface area (Å²) in [6.07, 6.45) is 2.68. The van der Waals surface area contributed by atoms with E-state index < -0.39 is 0 Å². The molecule has 0 amide bonds. The van der Waals surface area contributed by atoms with Crippen molar-refractivity contribution in [2.45, 2.75) is 25.7 Å². The number of thioether (sulfide) groups is 8. The number of hydrogen-bond acceptors (Lipinski definition) is 18.